The fourth-order valence-corrected chi connectivity index (χ4v) is 3.63. The van der Waals surface area contributed by atoms with E-state index in [1.54, 1.807) is 0 Å². The molecule has 0 fully saturated rings. The maximum absolute atomic E-state index is 12.8. The van der Waals surface area contributed by atoms with Crippen molar-refractivity contribution in [1.82, 2.24) is 10.3 Å². The van der Waals surface area contributed by atoms with Crippen molar-refractivity contribution in [2.75, 3.05) is 5.32 Å². The van der Waals surface area contributed by atoms with Gasteiger partial charge in [-0.1, -0.05) is 17.7 Å². The van der Waals surface area contributed by atoms with Gasteiger partial charge in [0.15, 0.2) is 0 Å². The van der Waals surface area contributed by atoms with Crippen molar-refractivity contribution < 1.29 is 35.9 Å². The average molecular weight is 494 g/mol. The molecule has 0 aliphatic carbocycles. The standard InChI is InChI=1S/C19H10ClF6N3O2S/c20-13-7-10(19(24,25)26)4-5-12(13)16-28-14(8-32-16)15(30)29-17(31)27-11-3-1-2-9(6-11)18(21,22)23/h1-8H,(H2,27,29,30,31). The minimum Gasteiger partial charge on any atom is -0.308 e. The molecule has 1 aromatic heterocycles. The summed E-state index contributed by atoms with van der Waals surface area (Å²) in [7, 11) is 0. The zero-order chi connectivity index (χ0) is 23.7. The number of nitrogens with one attached hydrogen (secondary N) is 2. The molecule has 0 radical (unpaired) electrons. The fourth-order valence-electron chi connectivity index (χ4n) is 2.47. The predicted octanol–water partition coefficient (Wildman–Crippen LogP) is 6.46. The van der Waals surface area contributed by atoms with Gasteiger partial charge in [-0.2, -0.15) is 26.3 Å². The zero-order valence-electron chi connectivity index (χ0n) is 15.4. The first-order chi connectivity index (χ1) is 14.8. The Labute approximate surface area is 185 Å². The number of urea groups is 1. The third kappa shape index (κ3) is 5.56. The van der Waals surface area contributed by atoms with Gasteiger partial charge in [-0.3, -0.25) is 10.1 Å². The van der Waals surface area contributed by atoms with Crippen LogP contribution in [0.1, 0.15) is 21.6 Å². The van der Waals surface area contributed by atoms with Crippen molar-refractivity contribution in [2.24, 2.45) is 0 Å². The molecular weight excluding hydrogens is 484 g/mol. The number of amides is 3. The minimum absolute atomic E-state index is 0.132. The Morgan fingerprint density at radius 1 is 0.938 bits per heavy atom. The molecule has 5 nitrogen and oxygen atoms in total. The highest BCUT2D eigenvalue weighted by molar-refractivity contribution is 7.13. The van der Waals surface area contributed by atoms with E-state index in [1.165, 1.54) is 11.4 Å². The van der Waals surface area contributed by atoms with Crippen LogP contribution in [0.4, 0.5) is 36.8 Å². The highest BCUT2D eigenvalue weighted by Crippen LogP contribution is 2.36. The van der Waals surface area contributed by atoms with Gasteiger partial charge in [0.05, 0.1) is 16.1 Å². The first-order valence-corrected chi connectivity index (χ1v) is 9.72. The Morgan fingerprint density at radius 3 is 2.22 bits per heavy atom. The van der Waals surface area contributed by atoms with E-state index in [1.807, 2.05) is 5.32 Å². The van der Waals surface area contributed by atoms with Crippen LogP contribution >= 0.6 is 22.9 Å². The number of nitrogens with zero attached hydrogens (tertiary/aromatic N) is 1. The first kappa shape index (κ1) is 23.5. The van der Waals surface area contributed by atoms with E-state index in [2.05, 4.69) is 10.3 Å². The number of anilines is 1. The summed E-state index contributed by atoms with van der Waals surface area (Å²) in [5.41, 5.74) is -2.22. The van der Waals surface area contributed by atoms with Crippen molar-refractivity contribution in [3.8, 4) is 10.6 Å². The number of carbonyl (C=O) groups is 2. The Bertz CT molecular complexity index is 1180. The van der Waals surface area contributed by atoms with Gasteiger partial charge in [-0.05, 0) is 36.4 Å². The Balaban J connectivity index is 1.69. The van der Waals surface area contributed by atoms with E-state index in [9.17, 15) is 35.9 Å². The van der Waals surface area contributed by atoms with Gasteiger partial charge >= 0.3 is 18.4 Å². The van der Waals surface area contributed by atoms with Crippen molar-refractivity contribution in [1.29, 1.82) is 0 Å². The molecule has 0 spiro atoms. The molecule has 0 bridgehead atoms. The van der Waals surface area contributed by atoms with Crippen LogP contribution in [0.2, 0.25) is 5.02 Å². The molecule has 0 saturated carbocycles. The number of hydrogen-bond acceptors (Lipinski definition) is 4. The molecular formula is C19H10ClF6N3O2S. The van der Waals surface area contributed by atoms with Gasteiger partial charge in [0, 0.05) is 16.6 Å². The molecule has 2 aromatic carbocycles. The highest BCUT2D eigenvalue weighted by Gasteiger charge is 2.32. The van der Waals surface area contributed by atoms with Gasteiger partial charge in [0.1, 0.15) is 10.7 Å². The lowest BCUT2D eigenvalue weighted by atomic mass is 10.1. The third-order valence-corrected chi connectivity index (χ3v) is 5.13. The van der Waals surface area contributed by atoms with Gasteiger partial charge in [-0.25, -0.2) is 9.78 Å². The largest absolute Gasteiger partial charge is 0.416 e. The third-order valence-electron chi connectivity index (χ3n) is 3.94. The summed E-state index contributed by atoms with van der Waals surface area (Å²) in [6.45, 7) is 0. The summed E-state index contributed by atoms with van der Waals surface area (Å²) in [6, 6.07) is 5.33. The van der Waals surface area contributed by atoms with E-state index in [-0.39, 0.29) is 27.0 Å². The number of aromatic nitrogens is 1. The summed E-state index contributed by atoms with van der Waals surface area (Å²) >= 11 is 6.80. The number of thiazole rings is 1. The second kappa shape index (κ2) is 8.79. The molecule has 0 saturated heterocycles. The zero-order valence-corrected chi connectivity index (χ0v) is 17.0. The number of rotatable bonds is 3. The quantitative estimate of drug-likeness (QED) is 0.411. The van der Waals surface area contributed by atoms with Crippen molar-refractivity contribution in [3.05, 3.63) is 69.7 Å². The van der Waals surface area contributed by atoms with Crippen molar-refractivity contribution in [3.63, 3.8) is 0 Å². The Hall–Kier alpha value is -3.12. The van der Waals surface area contributed by atoms with Crippen LogP contribution in [0, 0.1) is 0 Å². The molecule has 0 aliphatic rings. The molecule has 168 valence electrons. The summed E-state index contributed by atoms with van der Waals surface area (Å²) in [4.78, 5) is 28.1. The number of imide groups is 1. The van der Waals surface area contributed by atoms with Crippen LogP contribution in [-0.4, -0.2) is 16.9 Å². The van der Waals surface area contributed by atoms with Gasteiger partial charge in [-0.15, -0.1) is 11.3 Å². The molecule has 2 N–H and O–H groups in total. The summed E-state index contributed by atoms with van der Waals surface area (Å²) in [5, 5.41) is 5.15. The van der Waals surface area contributed by atoms with Crippen LogP contribution in [0.15, 0.2) is 47.8 Å². The number of carbonyl (C=O) groups excluding carboxylic acids is 2. The lowest BCUT2D eigenvalue weighted by Gasteiger charge is -2.10. The monoisotopic (exact) mass is 493 g/mol. The summed E-state index contributed by atoms with van der Waals surface area (Å²) < 4.78 is 76.5. The second-order valence-corrected chi connectivity index (χ2v) is 7.48. The number of hydrogen-bond donors (Lipinski definition) is 2. The van der Waals surface area contributed by atoms with Crippen LogP contribution in [0.5, 0.6) is 0 Å². The highest BCUT2D eigenvalue weighted by atomic mass is 35.5. The molecule has 32 heavy (non-hydrogen) atoms. The molecule has 3 aromatic rings. The normalized spacial score (nSPS) is 11.8. The lowest BCUT2D eigenvalue weighted by Crippen LogP contribution is -2.34. The minimum atomic E-state index is -4.61. The number of benzene rings is 2. The van der Waals surface area contributed by atoms with Crippen LogP contribution in [0.25, 0.3) is 10.6 Å². The predicted molar refractivity (Wildman–Crippen MR) is 105 cm³/mol. The topological polar surface area (TPSA) is 71.1 Å². The molecule has 0 atom stereocenters. The maximum Gasteiger partial charge on any atom is 0.416 e. The van der Waals surface area contributed by atoms with E-state index in [4.69, 9.17) is 11.6 Å². The maximum atomic E-state index is 12.8. The van der Waals surface area contributed by atoms with Crippen LogP contribution in [-0.2, 0) is 12.4 Å². The molecule has 0 unspecified atom stereocenters. The number of halogens is 7. The van der Waals surface area contributed by atoms with Crippen LogP contribution in [0.3, 0.4) is 0 Å². The molecule has 3 amide bonds. The van der Waals surface area contributed by atoms with E-state index in [0.717, 1.165) is 41.7 Å². The lowest BCUT2D eigenvalue weighted by molar-refractivity contribution is -0.138. The smallest absolute Gasteiger partial charge is 0.308 e. The van der Waals surface area contributed by atoms with Crippen molar-refractivity contribution in [2.45, 2.75) is 12.4 Å². The van der Waals surface area contributed by atoms with E-state index in [0.29, 0.717) is 6.07 Å². The van der Waals surface area contributed by atoms with E-state index >= 15 is 0 Å². The average Bonchev–Trinajstić information content (AvgIpc) is 3.16. The van der Waals surface area contributed by atoms with Gasteiger partial charge in [0.25, 0.3) is 5.91 Å². The summed E-state index contributed by atoms with van der Waals surface area (Å²) in [5.74, 6) is -0.972. The molecule has 1 heterocycles. The Morgan fingerprint density at radius 2 is 1.59 bits per heavy atom. The van der Waals surface area contributed by atoms with Gasteiger partial charge < -0.3 is 5.32 Å². The van der Waals surface area contributed by atoms with Gasteiger partial charge in [0.2, 0.25) is 0 Å². The Kier molecular flexibility index (Phi) is 6.46. The fraction of sp³-hybridized carbons (Fsp3) is 0.105. The second-order valence-electron chi connectivity index (χ2n) is 6.22. The number of alkyl halides is 6. The van der Waals surface area contributed by atoms with Crippen LogP contribution < -0.4 is 10.6 Å². The molecule has 13 heteroatoms. The molecule has 0 aliphatic heterocycles. The first-order valence-electron chi connectivity index (χ1n) is 8.47. The molecule has 3 rings (SSSR count). The SMILES string of the molecule is O=C(NC(=O)c1csc(-c2ccc(C(F)(F)F)cc2Cl)n1)Nc1cccc(C(F)(F)F)c1. The summed E-state index contributed by atoms with van der Waals surface area (Å²) in [6.07, 6.45) is -9.19. The van der Waals surface area contributed by atoms with E-state index < -0.39 is 35.4 Å². The van der Waals surface area contributed by atoms with Crippen molar-refractivity contribution >= 4 is 40.6 Å².